The van der Waals surface area contributed by atoms with Gasteiger partial charge in [-0.15, -0.1) is 0 Å². The number of benzene rings is 2. The van der Waals surface area contributed by atoms with Gasteiger partial charge in [-0.2, -0.15) is 0 Å². The largest absolute Gasteiger partial charge is 0.503 e. The number of carbonyl (C=O) groups excluding carboxylic acids is 2. The third-order valence-corrected chi connectivity index (χ3v) is 8.51. The number of ether oxygens (including phenoxy) is 2. The SMILES string of the molecule is CCOc1cc(C2C(C(=O)OC3CCCC3)=C(C)NC3=C2C(=O)CC(c2ccc(Cl)cc2)C3)cc(Br)c1O. The molecule has 1 aliphatic heterocycles. The lowest BCUT2D eigenvalue weighted by atomic mass is 9.71. The Morgan fingerprint density at radius 2 is 1.84 bits per heavy atom. The third kappa shape index (κ3) is 5.23. The van der Waals surface area contributed by atoms with E-state index in [0.29, 0.717) is 57.1 Å². The average molecular weight is 601 g/mol. The Morgan fingerprint density at radius 3 is 2.53 bits per heavy atom. The molecule has 0 aromatic heterocycles. The first kappa shape index (κ1) is 26.8. The summed E-state index contributed by atoms with van der Waals surface area (Å²) >= 11 is 9.53. The van der Waals surface area contributed by atoms with Crippen molar-refractivity contribution in [2.24, 2.45) is 0 Å². The lowest BCUT2D eigenvalue weighted by Gasteiger charge is -2.37. The molecule has 2 unspecified atom stereocenters. The number of aromatic hydroxyl groups is 1. The summed E-state index contributed by atoms with van der Waals surface area (Å²) in [7, 11) is 0. The number of ketones is 1. The molecule has 2 aromatic carbocycles. The molecule has 38 heavy (non-hydrogen) atoms. The molecule has 1 saturated carbocycles. The van der Waals surface area contributed by atoms with Gasteiger partial charge in [-0.1, -0.05) is 23.7 Å². The van der Waals surface area contributed by atoms with Crippen molar-refractivity contribution in [3.05, 3.63) is 79.6 Å². The Hall–Kier alpha value is -2.77. The van der Waals surface area contributed by atoms with Crippen molar-refractivity contribution in [3.8, 4) is 11.5 Å². The molecule has 0 spiro atoms. The van der Waals surface area contributed by atoms with Gasteiger partial charge in [-0.05, 0) is 103 Å². The van der Waals surface area contributed by atoms with E-state index in [2.05, 4.69) is 21.2 Å². The summed E-state index contributed by atoms with van der Waals surface area (Å²) in [4.78, 5) is 27.5. The van der Waals surface area contributed by atoms with Crippen molar-refractivity contribution < 1.29 is 24.2 Å². The molecule has 1 fully saturated rings. The molecule has 0 saturated heterocycles. The van der Waals surface area contributed by atoms with Crippen molar-refractivity contribution >= 4 is 39.3 Å². The smallest absolute Gasteiger partial charge is 0.337 e. The minimum atomic E-state index is -0.644. The van der Waals surface area contributed by atoms with E-state index in [0.717, 1.165) is 36.9 Å². The van der Waals surface area contributed by atoms with Crippen LogP contribution in [0.2, 0.25) is 5.02 Å². The van der Waals surface area contributed by atoms with Crippen molar-refractivity contribution in [1.29, 1.82) is 0 Å². The number of phenols is 1. The maximum Gasteiger partial charge on any atom is 0.337 e. The second kappa shape index (κ2) is 11.1. The topological polar surface area (TPSA) is 84.9 Å². The number of rotatable bonds is 6. The number of carbonyl (C=O) groups is 2. The molecule has 200 valence electrons. The van der Waals surface area contributed by atoms with Gasteiger partial charge in [-0.25, -0.2) is 4.79 Å². The maximum absolute atomic E-state index is 13.9. The van der Waals surface area contributed by atoms with E-state index >= 15 is 0 Å². The van der Waals surface area contributed by atoms with Crippen LogP contribution in [-0.4, -0.2) is 29.6 Å². The Labute approximate surface area is 236 Å². The molecule has 2 atom stereocenters. The molecule has 0 amide bonds. The van der Waals surface area contributed by atoms with E-state index in [1.54, 1.807) is 12.1 Å². The van der Waals surface area contributed by atoms with Crippen LogP contribution in [0, 0.1) is 0 Å². The molecule has 2 aliphatic carbocycles. The number of esters is 1. The van der Waals surface area contributed by atoms with Gasteiger partial charge in [0.2, 0.25) is 0 Å². The average Bonchev–Trinajstić information content (AvgIpc) is 3.39. The number of nitrogens with one attached hydrogen (secondary N) is 1. The fourth-order valence-corrected chi connectivity index (χ4v) is 6.45. The maximum atomic E-state index is 13.9. The highest BCUT2D eigenvalue weighted by Gasteiger charge is 2.42. The van der Waals surface area contributed by atoms with Crippen molar-refractivity contribution in [2.45, 2.75) is 70.3 Å². The van der Waals surface area contributed by atoms with Crippen LogP contribution in [0.1, 0.15) is 75.3 Å². The van der Waals surface area contributed by atoms with E-state index in [9.17, 15) is 14.7 Å². The predicted octanol–water partition coefficient (Wildman–Crippen LogP) is 7.05. The molecular formula is C30H31BrClNO5. The Kier molecular flexibility index (Phi) is 7.87. The third-order valence-electron chi connectivity index (χ3n) is 7.65. The molecule has 2 N–H and O–H groups in total. The summed E-state index contributed by atoms with van der Waals surface area (Å²) in [6.45, 7) is 4.05. The summed E-state index contributed by atoms with van der Waals surface area (Å²) < 4.78 is 12.1. The van der Waals surface area contributed by atoms with Gasteiger partial charge in [0.05, 0.1) is 16.7 Å². The molecular weight excluding hydrogens is 570 g/mol. The summed E-state index contributed by atoms with van der Waals surface area (Å²) in [6.07, 6.45) is 4.62. The number of allylic oxidation sites excluding steroid dienone is 3. The number of Topliss-reactive ketones (excluding diaryl/α,β-unsaturated/α-hetero) is 1. The normalized spacial score (nSPS) is 21.8. The highest BCUT2D eigenvalue weighted by atomic mass is 79.9. The van der Waals surface area contributed by atoms with Crippen molar-refractivity contribution in [3.63, 3.8) is 0 Å². The Morgan fingerprint density at radius 1 is 1.13 bits per heavy atom. The predicted molar refractivity (Wildman–Crippen MR) is 149 cm³/mol. The summed E-state index contributed by atoms with van der Waals surface area (Å²) in [6, 6.07) is 11.1. The zero-order valence-corrected chi connectivity index (χ0v) is 23.8. The standard InChI is InChI=1S/C30H31BrClNO5/c1-3-37-25-15-19(12-22(31)29(25)35)27-26(30(36)38-21-6-4-5-7-21)16(2)33-23-13-18(14-24(34)28(23)27)17-8-10-20(32)11-9-17/h8-12,15,18,21,27,33,35H,3-7,13-14H2,1-2H3. The van der Waals surface area contributed by atoms with E-state index < -0.39 is 11.9 Å². The number of phenolic OH excluding ortho intramolecular Hbond substituents is 1. The van der Waals surface area contributed by atoms with Crippen LogP contribution >= 0.6 is 27.5 Å². The lowest BCUT2D eigenvalue weighted by Crippen LogP contribution is -2.36. The summed E-state index contributed by atoms with van der Waals surface area (Å²) in [5.74, 6) is -0.807. The van der Waals surface area contributed by atoms with Gasteiger partial charge in [0.25, 0.3) is 0 Å². The number of dihydropyridines is 1. The van der Waals surface area contributed by atoms with Gasteiger partial charge >= 0.3 is 5.97 Å². The number of hydrogen-bond donors (Lipinski definition) is 2. The lowest BCUT2D eigenvalue weighted by molar-refractivity contribution is -0.144. The monoisotopic (exact) mass is 599 g/mol. The fraction of sp³-hybridized carbons (Fsp3) is 0.400. The van der Waals surface area contributed by atoms with Gasteiger partial charge < -0.3 is 19.9 Å². The molecule has 5 rings (SSSR count). The van der Waals surface area contributed by atoms with Crippen LogP contribution in [-0.2, 0) is 14.3 Å². The minimum absolute atomic E-state index is 0.00278. The van der Waals surface area contributed by atoms with Crippen LogP contribution in [0.5, 0.6) is 11.5 Å². The quantitative estimate of drug-likeness (QED) is 0.346. The first-order chi connectivity index (χ1) is 18.3. The van der Waals surface area contributed by atoms with Crippen LogP contribution in [0.15, 0.2) is 63.4 Å². The van der Waals surface area contributed by atoms with Gasteiger partial charge in [0.15, 0.2) is 17.3 Å². The van der Waals surface area contributed by atoms with E-state index in [-0.39, 0.29) is 23.6 Å². The van der Waals surface area contributed by atoms with Gasteiger partial charge in [0.1, 0.15) is 6.10 Å². The molecule has 8 heteroatoms. The molecule has 0 bridgehead atoms. The number of hydrogen-bond acceptors (Lipinski definition) is 6. The Balaban J connectivity index is 1.59. The first-order valence-electron chi connectivity index (χ1n) is 13.1. The van der Waals surface area contributed by atoms with Crippen LogP contribution < -0.4 is 10.1 Å². The molecule has 1 heterocycles. The van der Waals surface area contributed by atoms with E-state index in [1.165, 1.54) is 0 Å². The van der Waals surface area contributed by atoms with Gasteiger partial charge in [0, 0.05) is 34.3 Å². The summed E-state index contributed by atoms with van der Waals surface area (Å²) in [5.41, 5.74) is 4.20. The fourth-order valence-electron chi connectivity index (χ4n) is 5.86. The van der Waals surface area contributed by atoms with Crippen molar-refractivity contribution in [2.75, 3.05) is 6.61 Å². The van der Waals surface area contributed by atoms with Crippen molar-refractivity contribution in [1.82, 2.24) is 5.32 Å². The molecule has 0 radical (unpaired) electrons. The van der Waals surface area contributed by atoms with Crippen LogP contribution in [0.25, 0.3) is 0 Å². The highest BCUT2D eigenvalue weighted by molar-refractivity contribution is 9.10. The Bertz CT molecular complexity index is 1330. The zero-order valence-electron chi connectivity index (χ0n) is 21.5. The van der Waals surface area contributed by atoms with Crippen LogP contribution in [0.3, 0.4) is 0 Å². The zero-order chi connectivity index (χ0) is 27.0. The van der Waals surface area contributed by atoms with Gasteiger partial charge in [-0.3, -0.25) is 4.79 Å². The second-order valence-corrected chi connectivity index (χ2v) is 11.5. The van der Waals surface area contributed by atoms with E-state index in [4.69, 9.17) is 21.1 Å². The van der Waals surface area contributed by atoms with Crippen LogP contribution in [0.4, 0.5) is 0 Å². The molecule has 6 nitrogen and oxygen atoms in total. The molecule has 2 aromatic rings. The van der Waals surface area contributed by atoms with E-state index in [1.807, 2.05) is 38.1 Å². The summed E-state index contributed by atoms with van der Waals surface area (Å²) in [5, 5.41) is 14.6. The minimum Gasteiger partial charge on any atom is -0.503 e. The molecule has 3 aliphatic rings. The first-order valence-corrected chi connectivity index (χ1v) is 14.3. The number of halogens is 2. The highest BCUT2D eigenvalue weighted by Crippen LogP contribution is 2.48. The second-order valence-electron chi connectivity index (χ2n) is 10.2.